The van der Waals surface area contributed by atoms with Gasteiger partial charge in [0, 0.05) is 6.42 Å². The van der Waals surface area contributed by atoms with E-state index in [-0.39, 0.29) is 18.0 Å². The first-order valence-corrected chi connectivity index (χ1v) is 5.65. The molecule has 0 unspecified atom stereocenters. The lowest BCUT2D eigenvalue weighted by Crippen LogP contribution is -2.03. The zero-order valence-corrected chi connectivity index (χ0v) is 10.1. The topological polar surface area (TPSA) is 46.5 Å². The Morgan fingerprint density at radius 1 is 1.17 bits per heavy atom. The van der Waals surface area contributed by atoms with Crippen molar-refractivity contribution in [3.8, 4) is 11.5 Å². The number of methoxy groups -OCH3 is 1. The third kappa shape index (κ3) is 2.69. The minimum absolute atomic E-state index is 0.0189. The molecule has 0 fully saturated rings. The zero-order valence-electron chi connectivity index (χ0n) is 10.1. The highest BCUT2D eigenvalue weighted by Gasteiger charge is 2.11. The first kappa shape index (κ1) is 12.2. The van der Waals surface area contributed by atoms with E-state index in [0.29, 0.717) is 5.56 Å². The average molecular weight is 242 g/mol. The van der Waals surface area contributed by atoms with E-state index in [1.54, 1.807) is 25.3 Å². The van der Waals surface area contributed by atoms with E-state index in [1.807, 2.05) is 24.3 Å². The highest BCUT2D eigenvalue weighted by molar-refractivity contribution is 5.99. The van der Waals surface area contributed by atoms with Gasteiger partial charge in [0.15, 0.2) is 5.78 Å². The molecule has 0 bridgehead atoms. The van der Waals surface area contributed by atoms with Crippen LogP contribution in [0.15, 0.2) is 48.5 Å². The van der Waals surface area contributed by atoms with E-state index < -0.39 is 0 Å². The number of aromatic hydroxyl groups is 1. The summed E-state index contributed by atoms with van der Waals surface area (Å²) < 4.78 is 5.11. The van der Waals surface area contributed by atoms with Crippen molar-refractivity contribution < 1.29 is 14.6 Å². The SMILES string of the molecule is COc1cccc(CC(=O)c2ccccc2O)c1. The Morgan fingerprint density at radius 3 is 2.67 bits per heavy atom. The number of para-hydroxylation sites is 1. The second-order valence-corrected chi connectivity index (χ2v) is 3.97. The first-order valence-electron chi connectivity index (χ1n) is 5.65. The predicted octanol–water partition coefficient (Wildman–Crippen LogP) is 2.83. The number of carbonyl (C=O) groups excluding carboxylic acids is 1. The van der Waals surface area contributed by atoms with Crippen LogP contribution in [0.5, 0.6) is 11.5 Å². The molecule has 18 heavy (non-hydrogen) atoms. The van der Waals surface area contributed by atoms with Crippen molar-refractivity contribution >= 4 is 5.78 Å². The molecule has 0 saturated heterocycles. The number of hydrogen-bond donors (Lipinski definition) is 1. The van der Waals surface area contributed by atoms with Gasteiger partial charge in [-0.3, -0.25) is 4.79 Å². The molecular weight excluding hydrogens is 228 g/mol. The van der Waals surface area contributed by atoms with Gasteiger partial charge in [-0.25, -0.2) is 0 Å². The smallest absolute Gasteiger partial charge is 0.170 e. The van der Waals surface area contributed by atoms with Crippen molar-refractivity contribution in [1.82, 2.24) is 0 Å². The number of phenols is 1. The maximum absolute atomic E-state index is 12.0. The molecule has 3 heteroatoms. The van der Waals surface area contributed by atoms with Crippen LogP contribution >= 0.6 is 0 Å². The molecule has 0 spiro atoms. The number of rotatable bonds is 4. The molecule has 2 aromatic carbocycles. The van der Waals surface area contributed by atoms with Crippen LogP contribution in [0.25, 0.3) is 0 Å². The molecule has 0 saturated carbocycles. The molecule has 1 N–H and O–H groups in total. The second-order valence-electron chi connectivity index (χ2n) is 3.97. The summed E-state index contributed by atoms with van der Waals surface area (Å²) in [6, 6.07) is 13.9. The summed E-state index contributed by atoms with van der Waals surface area (Å²) in [4.78, 5) is 12.0. The minimum Gasteiger partial charge on any atom is -0.507 e. The zero-order chi connectivity index (χ0) is 13.0. The molecule has 92 valence electrons. The van der Waals surface area contributed by atoms with E-state index in [4.69, 9.17) is 4.74 Å². The van der Waals surface area contributed by atoms with Crippen molar-refractivity contribution in [3.05, 3.63) is 59.7 Å². The van der Waals surface area contributed by atoms with Crippen LogP contribution in [0, 0.1) is 0 Å². The molecule has 2 aromatic rings. The third-order valence-corrected chi connectivity index (χ3v) is 2.70. The number of phenolic OH excluding ortho intramolecular Hbond substituents is 1. The van der Waals surface area contributed by atoms with Crippen LogP contribution in [0.4, 0.5) is 0 Å². The summed E-state index contributed by atoms with van der Waals surface area (Å²) in [6.45, 7) is 0. The fourth-order valence-electron chi connectivity index (χ4n) is 1.77. The first-order chi connectivity index (χ1) is 8.70. The number of Topliss-reactive ketones (excluding diaryl/α,β-unsaturated/α-hetero) is 1. The van der Waals surface area contributed by atoms with Crippen molar-refractivity contribution in [1.29, 1.82) is 0 Å². The highest BCUT2D eigenvalue weighted by atomic mass is 16.5. The van der Waals surface area contributed by atoms with Gasteiger partial charge in [-0.2, -0.15) is 0 Å². The summed E-state index contributed by atoms with van der Waals surface area (Å²) in [5.74, 6) is 0.629. The lowest BCUT2D eigenvalue weighted by molar-refractivity contribution is 0.0990. The summed E-state index contributed by atoms with van der Waals surface area (Å²) in [7, 11) is 1.59. The molecule has 0 heterocycles. The van der Waals surface area contributed by atoms with Crippen LogP contribution in [0.3, 0.4) is 0 Å². The second kappa shape index (κ2) is 5.36. The lowest BCUT2D eigenvalue weighted by atomic mass is 10.0. The molecule has 0 atom stereocenters. The number of ketones is 1. The van der Waals surface area contributed by atoms with Gasteiger partial charge in [0.05, 0.1) is 12.7 Å². The van der Waals surface area contributed by atoms with Gasteiger partial charge in [-0.1, -0.05) is 24.3 Å². The summed E-state index contributed by atoms with van der Waals surface area (Å²) >= 11 is 0. The van der Waals surface area contributed by atoms with Crippen LogP contribution in [-0.4, -0.2) is 18.0 Å². The van der Waals surface area contributed by atoms with Crippen molar-refractivity contribution in [3.63, 3.8) is 0 Å². The minimum atomic E-state index is -0.110. The van der Waals surface area contributed by atoms with E-state index in [2.05, 4.69) is 0 Å². The largest absolute Gasteiger partial charge is 0.507 e. The number of carbonyl (C=O) groups is 1. The standard InChI is InChI=1S/C15H14O3/c1-18-12-6-4-5-11(9-12)10-15(17)13-7-2-3-8-14(13)16/h2-9,16H,10H2,1H3. The average Bonchev–Trinajstić information content (AvgIpc) is 2.39. The number of ether oxygens (including phenoxy) is 1. The maximum Gasteiger partial charge on any atom is 0.170 e. The number of hydrogen-bond acceptors (Lipinski definition) is 3. The van der Waals surface area contributed by atoms with Gasteiger partial charge in [0.2, 0.25) is 0 Å². The summed E-state index contributed by atoms with van der Waals surface area (Å²) in [6.07, 6.45) is 0.245. The molecule has 0 aromatic heterocycles. The Balaban J connectivity index is 2.19. The third-order valence-electron chi connectivity index (χ3n) is 2.70. The summed E-state index contributed by atoms with van der Waals surface area (Å²) in [5, 5.41) is 9.61. The molecule has 0 aliphatic carbocycles. The fourth-order valence-corrected chi connectivity index (χ4v) is 1.77. The van der Waals surface area contributed by atoms with Crippen LogP contribution in [-0.2, 0) is 6.42 Å². The monoisotopic (exact) mass is 242 g/mol. The highest BCUT2D eigenvalue weighted by Crippen LogP contribution is 2.19. The molecule has 0 radical (unpaired) electrons. The van der Waals surface area contributed by atoms with Crippen LogP contribution < -0.4 is 4.74 Å². The Bertz CT molecular complexity index is 561. The molecular formula is C15H14O3. The molecule has 0 amide bonds. The van der Waals surface area contributed by atoms with E-state index in [1.165, 1.54) is 6.07 Å². The van der Waals surface area contributed by atoms with Gasteiger partial charge in [-0.15, -0.1) is 0 Å². The molecule has 3 nitrogen and oxygen atoms in total. The summed E-state index contributed by atoms with van der Waals surface area (Å²) in [5.41, 5.74) is 1.21. The number of benzene rings is 2. The van der Waals surface area contributed by atoms with Gasteiger partial charge in [0.25, 0.3) is 0 Å². The molecule has 2 rings (SSSR count). The van der Waals surface area contributed by atoms with Crippen molar-refractivity contribution in [2.75, 3.05) is 7.11 Å². The Labute approximate surface area is 106 Å². The fraction of sp³-hybridized carbons (Fsp3) is 0.133. The van der Waals surface area contributed by atoms with Gasteiger partial charge < -0.3 is 9.84 Å². The van der Waals surface area contributed by atoms with E-state index in [0.717, 1.165) is 11.3 Å². The predicted molar refractivity (Wildman–Crippen MR) is 69.1 cm³/mol. The quantitative estimate of drug-likeness (QED) is 0.838. The lowest BCUT2D eigenvalue weighted by Gasteiger charge is -2.05. The maximum atomic E-state index is 12.0. The van der Waals surface area contributed by atoms with Crippen LogP contribution in [0.1, 0.15) is 15.9 Å². The Kier molecular flexibility index (Phi) is 3.63. The van der Waals surface area contributed by atoms with Crippen LogP contribution in [0.2, 0.25) is 0 Å². The van der Waals surface area contributed by atoms with E-state index >= 15 is 0 Å². The van der Waals surface area contributed by atoms with E-state index in [9.17, 15) is 9.90 Å². The van der Waals surface area contributed by atoms with Gasteiger partial charge >= 0.3 is 0 Å². The van der Waals surface area contributed by atoms with Crippen molar-refractivity contribution in [2.24, 2.45) is 0 Å². The van der Waals surface area contributed by atoms with Gasteiger partial charge in [0.1, 0.15) is 11.5 Å². The Morgan fingerprint density at radius 2 is 1.94 bits per heavy atom. The molecule has 0 aliphatic heterocycles. The Hall–Kier alpha value is -2.29. The van der Waals surface area contributed by atoms with Crippen molar-refractivity contribution in [2.45, 2.75) is 6.42 Å². The van der Waals surface area contributed by atoms with Gasteiger partial charge in [-0.05, 0) is 29.8 Å². The molecule has 0 aliphatic rings. The normalized spacial score (nSPS) is 10.1.